The van der Waals surface area contributed by atoms with Crippen molar-refractivity contribution >= 4 is 24.1 Å². The minimum absolute atomic E-state index is 0. The van der Waals surface area contributed by atoms with Gasteiger partial charge in [0.2, 0.25) is 5.91 Å². The zero-order chi connectivity index (χ0) is 13.8. The molecule has 1 aromatic rings. The number of carbonyl (C=O) groups excluding carboxylic acids is 2. The van der Waals surface area contributed by atoms with Crippen molar-refractivity contribution in [2.24, 2.45) is 11.7 Å². The molecule has 0 saturated carbocycles. The SMILES string of the molecule is C[C@H](N)C(=O)N1CCC(C(=O)c2ccccc2)CC1.Cl. The second-order valence-electron chi connectivity index (χ2n) is 5.12. The summed E-state index contributed by atoms with van der Waals surface area (Å²) >= 11 is 0. The van der Waals surface area contributed by atoms with E-state index in [9.17, 15) is 9.59 Å². The lowest BCUT2D eigenvalue weighted by Gasteiger charge is -2.32. The molecule has 4 nitrogen and oxygen atoms in total. The second-order valence-corrected chi connectivity index (χ2v) is 5.12. The predicted molar refractivity (Wildman–Crippen MR) is 81.0 cm³/mol. The van der Waals surface area contributed by atoms with Crippen LogP contribution >= 0.6 is 12.4 Å². The van der Waals surface area contributed by atoms with Gasteiger partial charge in [-0.1, -0.05) is 30.3 Å². The summed E-state index contributed by atoms with van der Waals surface area (Å²) in [6, 6.07) is 8.90. The second kappa shape index (κ2) is 7.41. The van der Waals surface area contributed by atoms with E-state index >= 15 is 0 Å². The average molecular weight is 297 g/mol. The first-order valence-corrected chi connectivity index (χ1v) is 6.73. The maximum atomic E-state index is 12.3. The molecule has 110 valence electrons. The third kappa shape index (κ3) is 3.81. The number of nitrogens with zero attached hydrogens (tertiary/aromatic N) is 1. The zero-order valence-electron chi connectivity index (χ0n) is 11.6. The number of hydrogen-bond acceptors (Lipinski definition) is 3. The Labute approximate surface area is 125 Å². The molecule has 2 N–H and O–H groups in total. The summed E-state index contributed by atoms with van der Waals surface area (Å²) in [5.41, 5.74) is 6.36. The smallest absolute Gasteiger partial charge is 0.239 e. The highest BCUT2D eigenvalue weighted by atomic mass is 35.5. The molecule has 1 fully saturated rings. The lowest BCUT2D eigenvalue weighted by Crippen LogP contribution is -2.46. The predicted octanol–water partition coefficient (Wildman–Crippen LogP) is 1.88. The number of rotatable bonds is 3. The fourth-order valence-corrected chi connectivity index (χ4v) is 2.49. The van der Waals surface area contributed by atoms with E-state index in [2.05, 4.69) is 0 Å². The number of Topliss-reactive ketones (excluding diaryl/α,β-unsaturated/α-hetero) is 1. The zero-order valence-corrected chi connectivity index (χ0v) is 12.4. The van der Waals surface area contributed by atoms with Crippen molar-refractivity contribution in [1.82, 2.24) is 4.90 Å². The first kappa shape index (κ1) is 16.7. The molecule has 5 heteroatoms. The molecule has 2 rings (SSSR count). The normalized spacial score (nSPS) is 17.2. The van der Waals surface area contributed by atoms with Crippen molar-refractivity contribution in [1.29, 1.82) is 0 Å². The van der Waals surface area contributed by atoms with Gasteiger partial charge in [0.1, 0.15) is 0 Å². The van der Waals surface area contributed by atoms with Gasteiger partial charge in [-0.15, -0.1) is 12.4 Å². The van der Waals surface area contributed by atoms with Crippen LogP contribution in [0, 0.1) is 5.92 Å². The Morgan fingerprint density at radius 3 is 2.25 bits per heavy atom. The molecule has 0 aromatic heterocycles. The highest BCUT2D eigenvalue weighted by molar-refractivity contribution is 5.98. The fraction of sp³-hybridized carbons (Fsp3) is 0.467. The van der Waals surface area contributed by atoms with Gasteiger partial charge in [-0.2, -0.15) is 0 Å². The van der Waals surface area contributed by atoms with Crippen LogP contribution < -0.4 is 5.73 Å². The summed E-state index contributed by atoms with van der Waals surface area (Å²) in [7, 11) is 0. The number of ketones is 1. The van der Waals surface area contributed by atoms with Gasteiger partial charge in [0.25, 0.3) is 0 Å². The number of halogens is 1. The first-order valence-electron chi connectivity index (χ1n) is 6.73. The molecule has 0 unspecified atom stereocenters. The van der Waals surface area contributed by atoms with Crippen LogP contribution in [-0.4, -0.2) is 35.7 Å². The highest BCUT2D eigenvalue weighted by Gasteiger charge is 2.28. The molecule has 1 aliphatic heterocycles. The van der Waals surface area contributed by atoms with Gasteiger partial charge in [-0.3, -0.25) is 9.59 Å². The average Bonchev–Trinajstić information content (AvgIpc) is 2.46. The van der Waals surface area contributed by atoms with Crippen LogP contribution in [-0.2, 0) is 4.79 Å². The Morgan fingerprint density at radius 2 is 1.75 bits per heavy atom. The fourth-order valence-electron chi connectivity index (χ4n) is 2.49. The maximum absolute atomic E-state index is 12.3. The van der Waals surface area contributed by atoms with E-state index in [0.717, 1.165) is 18.4 Å². The van der Waals surface area contributed by atoms with Crippen LogP contribution in [0.2, 0.25) is 0 Å². The number of benzene rings is 1. The van der Waals surface area contributed by atoms with Crippen LogP contribution in [0.15, 0.2) is 30.3 Å². The largest absolute Gasteiger partial charge is 0.341 e. The number of likely N-dealkylation sites (tertiary alicyclic amines) is 1. The van der Waals surface area contributed by atoms with Gasteiger partial charge in [-0.05, 0) is 19.8 Å². The minimum atomic E-state index is -0.457. The van der Waals surface area contributed by atoms with E-state index < -0.39 is 6.04 Å². The summed E-state index contributed by atoms with van der Waals surface area (Å²) in [6.45, 7) is 2.96. The molecule has 1 aromatic carbocycles. The van der Waals surface area contributed by atoms with Crippen LogP contribution in [0.3, 0.4) is 0 Å². The van der Waals surface area contributed by atoms with Crippen LogP contribution in [0.25, 0.3) is 0 Å². The van der Waals surface area contributed by atoms with Crippen LogP contribution in [0.1, 0.15) is 30.1 Å². The molecule has 0 aliphatic carbocycles. The summed E-state index contributed by atoms with van der Waals surface area (Å²) in [4.78, 5) is 25.8. The van der Waals surface area contributed by atoms with E-state index in [1.807, 2.05) is 30.3 Å². The van der Waals surface area contributed by atoms with Crippen LogP contribution in [0.5, 0.6) is 0 Å². The summed E-state index contributed by atoms with van der Waals surface area (Å²) in [5.74, 6) is 0.193. The van der Waals surface area contributed by atoms with Gasteiger partial charge < -0.3 is 10.6 Å². The molecule has 1 atom stereocenters. The Hall–Kier alpha value is -1.39. The van der Waals surface area contributed by atoms with E-state index in [1.54, 1.807) is 11.8 Å². The Morgan fingerprint density at radius 1 is 1.20 bits per heavy atom. The van der Waals surface area contributed by atoms with Gasteiger partial charge in [0.05, 0.1) is 6.04 Å². The number of nitrogens with two attached hydrogens (primary N) is 1. The minimum Gasteiger partial charge on any atom is -0.341 e. The molecule has 1 aliphatic rings. The third-order valence-electron chi connectivity index (χ3n) is 3.63. The van der Waals surface area contributed by atoms with Gasteiger partial charge >= 0.3 is 0 Å². The van der Waals surface area contributed by atoms with E-state index in [-0.39, 0.29) is 30.0 Å². The van der Waals surface area contributed by atoms with Crippen molar-refractivity contribution < 1.29 is 9.59 Å². The molecule has 1 amide bonds. The lowest BCUT2D eigenvalue weighted by molar-refractivity contribution is -0.133. The molecule has 1 saturated heterocycles. The number of amides is 1. The Kier molecular flexibility index (Phi) is 6.17. The summed E-state index contributed by atoms with van der Waals surface area (Å²) in [6.07, 6.45) is 1.46. The van der Waals surface area contributed by atoms with Gasteiger partial charge in [0, 0.05) is 24.6 Å². The van der Waals surface area contributed by atoms with Gasteiger partial charge in [0.15, 0.2) is 5.78 Å². The standard InChI is InChI=1S/C15H20N2O2.ClH/c1-11(16)15(19)17-9-7-13(8-10-17)14(18)12-5-3-2-4-6-12;/h2-6,11,13H,7-10,16H2,1H3;1H/t11-;/m0./s1. The van der Waals surface area contributed by atoms with Crippen molar-refractivity contribution in [2.45, 2.75) is 25.8 Å². The van der Waals surface area contributed by atoms with Gasteiger partial charge in [-0.25, -0.2) is 0 Å². The molecule has 1 heterocycles. The summed E-state index contributed by atoms with van der Waals surface area (Å²) < 4.78 is 0. The van der Waals surface area contributed by atoms with Crippen molar-refractivity contribution in [3.63, 3.8) is 0 Å². The third-order valence-corrected chi connectivity index (χ3v) is 3.63. The highest BCUT2D eigenvalue weighted by Crippen LogP contribution is 2.22. The first-order chi connectivity index (χ1) is 9.09. The van der Waals surface area contributed by atoms with Crippen molar-refractivity contribution in [2.75, 3.05) is 13.1 Å². The maximum Gasteiger partial charge on any atom is 0.239 e. The molecule has 0 radical (unpaired) electrons. The van der Waals surface area contributed by atoms with E-state index in [4.69, 9.17) is 5.73 Å². The van der Waals surface area contributed by atoms with Crippen molar-refractivity contribution in [3.8, 4) is 0 Å². The lowest BCUT2D eigenvalue weighted by atomic mass is 9.89. The molecule has 0 spiro atoms. The number of hydrogen-bond donors (Lipinski definition) is 1. The molecular weight excluding hydrogens is 276 g/mol. The quantitative estimate of drug-likeness (QED) is 0.866. The number of piperidine rings is 1. The van der Waals surface area contributed by atoms with Crippen molar-refractivity contribution in [3.05, 3.63) is 35.9 Å². The Balaban J connectivity index is 0.00000200. The van der Waals surface area contributed by atoms with E-state index in [1.165, 1.54) is 0 Å². The van der Waals surface area contributed by atoms with Crippen LogP contribution in [0.4, 0.5) is 0 Å². The molecule has 20 heavy (non-hydrogen) atoms. The molecular formula is C15H21ClN2O2. The van der Waals surface area contributed by atoms with E-state index in [0.29, 0.717) is 13.1 Å². The number of carbonyl (C=O) groups is 2. The molecule has 0 bridgehead atoms. The topological polar surface area (TPSA) is 63.4 Å². The Bertz CT molecular complexity index is 454. The summed E-state index contributed by atoms with van der Waals surface area (Å²) in [5, 5.41) is 0. The monoisotopic (exact) mass is 296 g/mol.